The summed E-state index contributed by atoms with van der Waals surface area (Å²) in [7, 11) is 0. The second-order valence-electron chi connectivity index (χ2n) is 6.05. The molecule has 0 unspecified atom stereocenters. The molecule has 0 radical (unpaired) electrons. The SMILES string of the molecule is CCCCCc1ccc(C=NN=Cc2cc(F)c(OC(F)(F)F)c(F)c2)cc1. The van der Waals surface area contributed by atoms with Crippen LogP contribution in [0.3, 0.4) is 0 Å². The first kappa shape index (κ1) is 21.5. The molecule has 0 amide bonds. The van der Waals surface area contributed by atoms with Gasteiger partial charge in [0.1, 0.15) is 0 Å². The van der Waals surface area contributed by atoms with Crippen LogP contribution < -0.4 is 4.74 Å². The van der Waals surface area contributed by atoms with E-state index in [2.05, 4.69) is 21.9 Å². The maximum absolute atomic E-state index is 13.6. The van der Waals surface area contributed by atoms with Crippen molar-refractivity contribution in [3.05, 3.63) is 64.7 Å². The molecule has 0 atom stereocenters. The van der Waals surface area contributed by atoms with Gasteiger partial charge in [-0.2, -0.15) is 10.2 Å². The summed E-state index contributed by atoms with van der Waals surface area (Å²) in [6.45, 7) is 2.15. The monoisotopic (exact) mass is 398 g/mol. The lowest BCUT2D eigenvalue weighted by molar-refractivity contribution is -0.276. The van der Waals surface area contributed by atoms with Crippen LogP contribution in [0.25, 0.3) is 0 Å². The van der Waals surface area contributed by atoms with Gasteiger partial charge < -0.3 is 4.74 Å². The molecule has 0 bridgehead atoms. The van der Waals surface area contributed by atoms with Crippen LogP contribution in [0.4, 0.5) is 22.0 Å². The molecule has 0 spiro atoms. The zero-order chi connectivity index (χ0) is 20.6. The highest BCUT2D eigenvalue weighted by atomic mass is 19.4. The molecule has 0 saturated carbocycles. The van der Waals surface area contributed by atoms with E-state index in [-0.39, 0.29) is 5.56 Å². The van der Waals surface area contributed by atoms with Crippen molar-refractivity contribution in [2.45, 2.75) is 39.0 Å². The van der Waals surface area contributed by atoms with E-state index in [1.54, 1.807) is 0 Å². The number of alkyl halides is 3. The Hall–Kier alpha value is -2.77. The summed E-state index contributed by atoms with van der Waals surface area (Å²) in [6.07, 6.45) is 1.78. The minimum absolute atomic E-state index is 0.0899. The minimum atomic E-state index is -5.19. The van der Waals surface area contributed by atoms with Crippen molar-refractivity contribution in [1.29, 1.82) is 0 Å². The molecule has 3 nitrogen and oxygen atoms in total. The highest BCUT2D eigenvalue weighted by molar-refractivity contribution is 5.82. The predicted octanol–water partition coefficient (Wildman–Crippen LogP) is 6.05. The van der Waals surface area contributed by atoms with Crippen LogP contribution in [0.1, 0.15) is 42.9 Å². The van der Waals surface area contributed by atoms with Crippen molar-refractivity contribution >= 4 is 12.4 Å². The number of benzene rings is 2. The zero-order valence-corrected chi connectivity index (χ0v) is 15.1. The Morgan fingerprint density at radius 3 is 2.00 bits per heavy atom. The van der Waals surface area contributed by atoms with Crippen LogP contribution in [0, 0.1) is 11.6 Å². The molecule has 2 aromatic carbocycles. The van der Waals surface area contributed by atoms with E-state index in [0.29, 0.717) is 12.1 Å². The molecule has 0 fully saturated rings. The van der Waals surface area contributed by atoms with Crippen molar-refractivity contribution < 1.29 is 26.7 Å². The summed E-state index contributed by atoms with van der Waals surface area (Å²) < 4.78 is 66.9. The first-order valence-electron chi connectivity index (χ1n) is 8.68. The van der Waals surface area contributed by atoms with Crippen molar-refractivity contribution in [3.63, 3.8) is 0 Å². The van der Waals surface area contributed by atoms with Gasteiger partial charge in [-0.1, -0.05) is 44.0 Å². The first-order chi connectivity index (χ1) is 13.3. The average molecular weight is 398 g/mol. The second kappa shape index (κ2) is 9.96. The van der Waals surface area contributed by atoms with Crippen LogP contribution in [-0.4, -0.2) is 18.8 Å². The number of ether oxygens (including phenoxy) is 1. The van der Waals surface area contributed by atoms with Crippen LogP contribution in [0.15, 0.2) is 46.6 Å². The standard InChI is InChI=1S/C20H19F5N2O/c1-2-3-4-5-14-6-8-15(9-7-14)12-26-27-13-16-10-17(21)19(18(22)11-16)28-20(23,24)25/h6-13H,2-5H2,1H3. The average Bonchev–Trinajstić information content (AvgIpc) is 2.62. The van der Waals surface area contributed by atoms with Crippen molar-refractivity contribution in [2.24, 2.45) is 10.2 Å². The third-order valence-electron chi connectivity index (χ3n) is 3.77. The summed E-state index contributed by atoms with van der Waals surface area (Å²) in [5.41, 5.74) is 1.93. The maximum Gasteiger partial charge on any atom is 0.573 e. The van der Waals surface area contributed by atoms with Crippen molar-refractivity contribution in [2.75, 3.05) is 0 Å². The fourth-order valence-electron chi connectivity index (χ4n) is 2.42. The molecule has 0 aliphatic heterocycles. The van der Waals surface area contributed by atoms with Crippen LogP contribution in [0.2, 0.25) is 0 Å². The summed E-state index contributed by atoms with van der Waals surface area (Å²) in [5.74, 6) is -4.48. The third-order valence-corrected chi connectivity index (χ3v) is 3.77. The molecule has 8 heteroatoms. The smallest absolute Gasteiger partial charge is 0.399 e. The zero-order valence-electron chi connectivity index (χ0n) is 15.1. The molecule has 0 heterocycles. The molecule has 0 aromatic heterocycles. The van der Waals surface area contributed by atoms with Crippen LogP contribution in [0.5, 0.6) is 5.75 Å². The summed E-state index contributed by atoms with van der Waals surface area (Å²) in [5, 5.41) is 7.43. The molecule has 150 valence electrons. The normalized spacial score (nSPS) is 12.2. The number of aryl methyl sites for hydroxylation is 1. The topological polar surface area (TPSA) is 34.0 Å². The Bertz CT molecular complexity index is 806. The van der Waals surface area contributed by atoms with Gasteiger partial charge in [-0.3, -0.25) is 0 Å². The fraction of sp³-hybridized carbons (Fsp3) is 0.300. The lowest BCUT2D eigenvalue weighted by Crippen LogP contribution is -2.19. The van der Waals surface area contributed by atoms with Gasteiger partial charge in [-0.25, -0.2) is 8.78 Å². The Kier molecular flexibility index (Phi) is 7.66. The minimum Gasteiger partial charge on any atom is -0.399 e. The Morgan fingerprint density at radius 1 is 0.893 bits per heavy atom. The number of rotatable bonds is 8. The van der Waals surface area contributed by atoms with E-state index < -0.39 is 23.7 Å². The molecule has 0 saturated heterocycles. The lowest BCUT2D eigenvalue weighted by atomic mass is 10.1. The summed E-state index contributed by atoms with van der Waals surface area (Å²) in [4.78, 5) is 0. The van der Waals surface area contributed by atoms with Gasteiger partial charge in [0.25, 0.3) is 0 Å². The number of halogens is 5. The number of hydrogen-bond donors (Lipinski definition) is 0. The van der Waals surface area contributed by atoms with Gasteiger partial charge in [0, 0.05) is 5.56 Å². The molecule has 0 aliphatic carbocycles. The molecule has 0 N–H and O–H groups in total. The molecule has 2 rings (SSSR count). The van der Waals surface area contributed by atoms with Crippen LogP contribution in [-0.2, 0) is 6.42 Å². The van der Waals surface area contributed by atoms with Gasteiger partial charge in [-0.15, -0.1) is 13.2 Å². The number of nitrogens with zero attached hydrogens (tertiary/aromatic N) is 2. The van der Waals surface area contributed by atoms with E-state index >= 15 is 0 Å². The Morgan fingerprint density at radius 2 is 1.46 bits per heavy atom. The molecular weight excluding hydrogens is 379 g/mol. The molecule has 2 aromatic rings. The van der Waals surface area contributed by atoms with E-state index in [0.717, 1.165) is 31.0 Å². The van der Waals surface area contributed by atoms with Crippen molar-refractivity contribution in [3.8, 4) is 5.75 Å². The van der Waals surface area contributed by atoms with Gasteiger partial charge in [0.2, 0.25) is 5.75 Å². The quantitative estimate of drug-likeness (QED) is 0.231. The maximum atomic E-state index is 13.6. The Labute approximate surface area is 159 Å². The summed E-state index contributed by atoms with van der Waals surface area (Å²) >= 11 is 0. The number of unbranched alkanes of at least 4 members (excludes halogenated alkanes) is 2. The largest absolute Gasteiger partial charge is 0.573 e. The fourth-order valence-corrected chi connectivity index (χ4v) is 2.42. The third kappa shape index (κ3) is 7.09. The van der Waals surface area contributed by atoms with Gasteiger partial charge in [-0.05, 0) is 36.1 Å². The van der Waals surface area contributed by atoms with Gasteiger partial charge >= 0.3 is 6.36 Å². The number of hydrogen-bond acceptors (Lipinski definition) is 3. The highest BCUT2D eigenvalue weighted by Gasteiger charge is 2.34. The second-order valence-corrected chi connectivity index (χ2v) is 6.05. The molecule has 28 heavy (non-hydrogen) atoms. The predicted molar refractivity (Wildman–Crippen MR) is 97.9 cm³/mol. The van der Waals surface area contributed by atoms with Gasteiger partial charge in [0.15, 0.2) is 11.6 Å². The van der Waals surface area contributed by atoms with E-state index in [1.807, 2.05) is 24.3 Å². The molecular formula is C20H19F5N2O. The first-order valence-corrected chi connectivity index (χ1v) is 8.68. The molecule has 0 aliphatic rings. The highest BCUT2D eigenvalue weighted by Crippen LogP contribution is 2.29. The van der Waals surface area contributed by atoms with Gasteiger partial charge in [0.05, 0.1) is 12.4 Å². The Balaban J connectivity index is 1.98. The lowest BCUT2D eigenvalue weighted by Gasteiger charge is -2.10. The van der Waals surface area contributed by atoms with Crippen molar-refractivity contribution in [1.82, 2.24) is 0 Å². The van der Waals surface area contributed by atoms with E-state index in [1.165, 1.54) is 18.2 Å². The van der Waals surface area contributed by atoms with E-state index in [9.17, 15) is 22.0 Å². The van der Waals surface area contributed by atoms with E-state index in [4.69, 9.17) is 0 Å². The summed E-state index contributed by atoms with van der Waals surface area (Å²) in [6, 6.07) is 9.09. The van der Waals surface area contributed by atoms with Crippen LogP contribution >= 0.6 is 0 Å².